The van der Waals surface area contributed by atoms with Crippen LogP contribution in [0.5, 0.6) is 11.5 Å². The van der Waals surface area contributed by atoms with Crippen molar-refractivity contribution in [3.05, 3.63) is 228 Å². The zero-order chi connectivity index (χ0) is 61.6. The second-order valence-electron chi connectivity index (χ2n) is 26.2. The number of fused-ring (bicyclic) bond motifs is 2. The van der Waals surface area contributed by atoms with E-state index in [0.29, 0.717) is 34.1 Å². The maximum Gasteiger partial charge on any atom is 0.130 e. The van der Waals surface area contributed by atoms with Crippen LogP contribution < -0.4 is 19.9 Å². The molecular formula is C75H77N4OPt-3. The zero-order valence-electron chi connectivity index (χ0n) is 55.1. The van der Waals surface area contributed by atoms with E-state index in [1.807, 2.05) is 42.5 Å². The Kier molecular flexibility index (Phi) is 13.2. The minimum absolute atomic E-state index is 0. The van der Waals surface area contributed by atoms with Crippen LogP contribution in [0.4, 0.5) is 34.3 Å². The molecule has 0 saturated heterocycles. The molecule has 1 N–H and O–H groups in total. The summed E-state index contributed by atoms with van der Waals surface area (Å²) in [5.74, 6) is 1.34. The molecule has 8 aromatic carbocycles. The summed E-state index contributed by atoms with van der Waals surface area (Å²) >= 11 is 0. The molecule has 0 bridgehead atoms. The van der Waals surface area contributed by atoms with E-state index >= 15 is 0 Å². The molecule has 9 aromatic rings. The molecule has 1 aromatic heterocycles. The fourth-order valence-electron chi connectivity index (χ4n) is 11.3. The fraction of sp³-hybridized carbons (Fsp3) is 0.280. The Morgan fingerprint density at radius 1 is 0.593 bits per heavy atom. The van der Waals surface area contributed by atoms with Gasteiger partial charge < -0.3 is 19.9 Å². The number of rotatable bonds is 10. The van der Waals surface area contributed by atoms with E-state index in [9.17, 15) is 1.37 Å². The number of hydrogen-bond donors (Lipinski definition) is 1. The van der Waals surface area contributed by atoms with Gasteiger partial charge in [0.1, 0.15) is 5.82 Å². The van der Waals surface area contributed by atoms with Gasteiger partial charge in [-0.25, -0.2) is 4.98 Å². The molecule has 6 heteroatoms. The van der Waals surface area contributed by atoms with Gasteiger partial charge in [-0.05, 0) is 121 Å². The van der Waals surface area contributed by atoms with Crippen LogP contribution in [0.3, 0.4) is 0 Å². The second kappa shape index (κ2) is 21.6. The first-order valence-corrected chi connectivity index (χ1v) is 28.1. The van der Waals surface area contributed by atoms with Crippen molar-refractivity contribution in [2.75, 3.05) is 15.1 Å². The minimum atomic E-state index is -2.60. The largest absolute Gasteiger partial charge is 0.509 e. The van der Waals surface area contributed by atoms with Gasteiger partial charge in [-0.3, -0.25) is 0 Å². The first-order chi connectivity index (χ1) is 40.4. The van der Waals surface area contributed by atoms with Crippen LogP contribution in [0.15, 0.2) is 176 Å². The summed E-state index contributed by atoms with van der Waals surface area (Å²) in [4.78, 5) is 9.34. The van der Waals surface area contributed by atoms with Crippen molar-refractivity contribution in [2.24, 2.45) is 0 Å². The summed E-state index contributed by atoms with van der Waals surface area (Å²) in [6.07, 6.45) is 3.11. The van der Waals surface area contributed by atoms with Gasteiger partial charge in [0, 0.05) is 82.3 Å². The first-order valence-electron chi connectivity index (χ1n) is 31.1. The van der Waals surface area contributed by atoms with Gasteiger partial charge in [0.25, 0.3) is 0 Å². The number of ether oxygens (including phenoxy) is 1. The molecular weight excluding hydrogens is 1170 g/mol. The molecule has 0 radical (unpaired) electrons. The summed E-state index contributed by atoms with van der Waals surface area (Å²) in [6.45, 7) is 27.9. The van der Waals surface area contributed by atoms with Crippen LogP contribution >= 0.6 is 0 Å². The van der Waals surface area contributed by atoms with E-state index in [1.165, 1.54) is 17.3 Å². The first kappa shape index (κ1) is 49.6. The number of nitrogens with zero attached hydrogens (tertiary/aromatic N) is 3. The number of hydrogen-bond acceptors (Lipinski definition) is 5. The maximum absolute atomic E-state index is 9.27. The quantitative estimate of drug-likeness (QED) is 0.138. The Labute approximate surface area is 506 Å². The van der Waals surface area contributed by atoms with Gasteiger partial charge in [-0.2, -0.15) is 18.2 Å². The number of aryl methyl sites for hydroxylation is 1. The number of benzene rings is 8. The number of pyridine rings is 1. The van der Waals surface area contributed by atoms with Crippen molar-refractivity contribution >= 4 is 34.3 Å². The van der Waals surface area contributed by atoms with E-state index in [-0.39, 0.29) is 66.6 Å². The van der Waals surface area contributed by atoms with E-state index in [1.54, 1.807) is 6.07 Å². The number of para-hydroxylation sites is 3. The van der Waals surface area contributed by atoms with Crippen LogP contribution in [0.2, 0.25) is 0 Å². The van der Waals surface area contributed by atoms with Crippen LogP contribution in [-0.2, 0) is 48.1 Å². The number of anilines is 6. The van der Waals surface area contributed by atoms with E-state index in [4.69, 9.17) is 16.6 Å². The van der Waals surface area contributed by atoms with E-state index in [0.717, 1.165) is 80.1 Å². The van der Waals surface area contributed by atoms with Crippen LogP contribution in [0, 0.1) is 25.7 Å². The molecule has 0 fully saturated rings. The number of nitrogens with one attached hydrogen (secondary N) is 1. The Morgan fingerprint density at radius 2 is 1.23 bits per heavy atom. The van der Waals surface area contributed by atoms with Crippen LogP contribution in [-0.4, -0.2) is 4.98 Å². The summed E-state index contributed by atoms with van der Waals surface area (Å²) in [7, 11) is 0. The standard InChI is InChI=1S/C75H77N4O.Pt/c1-49-43-68(76-47-63(49)61-27-20-28-64-69(61)75(13,14)42-41-74(64,11)12)77-65-40-37-55(73(8,9)10)45-62(65)51-33-38-57(39-34-51)80-58-24-18-23-56(46-58)78-48-79(67-30-16-15-29-66(67)78)70-59(50-31-35-53(36-32-50)71(2,3)4)25-19-26-60(70)52-21-17-22-54(44-52)72(5,6)7;/h15-38,40,43-45,47-48H,41-42H2,1-14H3,(H,76,77);/q-3;/i1D3,20D,27D,28D;. The predicted molar refractivity (Wildman–Crippen MR) is 337 cm³/mol. The Hall–Kier alpha value is -7.20. The number of aromatic nitrogens is 1. The average molecular weight is 1250 g/mol. The molecule has 0 unspecified atom stereocenters. The van der Waals surface area contributed by atoms with Gasteiger partial charge in [0.15, 0.2) is 0 Å². The molecule has 416 valence electrons. The third-order valence-electron chi connectivity index (χ3n) is 16.3. The molecule has 5 nitrogen and oxygen atoms in total. The maximum atomic E-state index is 9.27. The van der Waals surface area contributed by atoms with Crippen molar-refractivity contribution in [1.82, 2.24) is 4.98 Å². The monoisotopic (exact) mass is 1250 g/mol. The molecule has 0 amide bonds. The third-order valence-corrected chi connectivity index (χ3v) is 16.3. The van der Waals surface area contributed by atoms with Crippen molar-refractivity contribution in [1.29, 1.82) is 0 Å². The Balaban J connectivity index is 0.00000838. The Morgan fingerprint density at radius 3 is 1.93 bits per heavy atom. The molecule has 81 heavy (non-hydrogen) atoms. The summed E-state index contributed by atoms with van der Waals surface area (Å²) < 4.78 is 60.4. The van der Waals surface area contributed by atoms with Crippen molar-refractivity contribution in [3.63, 3.8) is 0 Å². The molecule has 1 aliphatic carbocycles. The van der Waals surface area contributed by atoms with Gasteiger partial charge >= 0.3 is 0 Å². The van der Waals surface area contributed by atoms with E-state index in [2.05, 4.69) is 227 Å². The second-order valence-corrected chi connectivity index (χ2v) is 26.2. The predicted octanol–water partition coefficient (Wildman–Crippen LogP) is 20.8. The molecule has 1 aliphatic heterocycles. The fourth-order valence-corrected chi connectivity index (χ4v) is 11.3. The van der Waals surface area contributed by atoms with Gasteiger partial charge in [-0.15, -0.1) is 48.3 Å². The van der Waals surface area contributed by atoms with Crippen LogP contribution in [0.1, 0.15) is 144 Å². The molecule has 0 spiro atoms. The van der Waals surface area contributed by atoms with E-state index < -0.39 is 17.7 Å². The average Bonchev–Trinajstić information content (AvgIpc) is 0.872. The van der Waals surface area contributed by atoms with Crippen molar-refractivity contribution < 1.29 is 34.0 Å². The third kappa shape index (κ3) is 11.4. The normalized spacial score (nSPS) is 15.9. The molecule has 2 aliphatic rings. The van der Waals surface area contributed by atoms with Gasteiger partial charge in [0.05, 0.1) is 4.11 Å². The van der Waals surface area contributed by atoms with Gasteiger partial charge in [0.2, 0.25) is 0 Å². The zero-order valence-corrected chi connectivity index (χ0v) is 51.3. The summed E-state index contributed by atoms with van der Waals surface area (Å²) in [6, 6.07) is 59.2. The molecule has 0 atom stereocenters. The van der Waals surface area contributed by atoms with Crippen molar-refractivity contribution in [2.45, 2.75) is 137 Å². The molecule has 11 rings (SSSR count). The topological polar surface area (TPSA) is 40.6 Å². The SMILES string of the molecule is [2H]c1c([2H])c(-c2cnc(Nc3ccc(C(C)(C)C)cc3-c3c[c-]c(Oc4[c-]c(N5[CH-]N(c6c(-c7ccc(C(C)(C)C)cc7)cccc6-c6cccc(C(C)(C)C)c6)c6ccccc65)ccc4)cc3)cc2C([2H])([2H])[2H])c2c(c1[2H])C(C)(C)CCC2(C)C.[Pt]. The Bertz CT molecular complexity index is 4070. The van der Waals surface area contributed by atoms with Crippen LogP contribution in [0.25, 0.3) is 44.5 Å². The molecule has 0 saturated carbocycles. The van der Waals surface area contributed by atoms with Gasteiger partial charge in [-0.1, -0.05) is 205 Å². The minimum Gasteiger partial charge on any atom is -0.509 e. The molecule has 2 heterocycles. The summed E-state index contributed by atoms with van der Waals surface area (Å²) in [5.41, 5.74) is 15.5. The summed E-state index contributed by atoms with van der Waals surface area (Å²) in [5, 5.41) is 3.48. The smallest absolute Gasteiger partial charge is 0.130 e. The van der Waals surface area contributed by atoms with Crippen molar-refractivity contribution in [3.8, 4) is 56.0 Å².